The Kier molecular flexibility index (Phi) is 7.15. The average molecular weight is 397 g/mol. The maximum atomic E-state index is 12.2. The Morgan fingerprint density at radius 2 is 1.69 bits per heavy atom. The SMILES string of the molecule is COc1cc(CNC2CCN(C(=O)C(C)C)CC2)c(-c2ccccc2)cc1OC. The van der Waals surface area contributed by atoms with Crippen LogP contribution >= 0.6 is 0 Å². The van der Waals surface area contributed by atoms with Crippen LogP contribution in [0.2, 0.25) is 0 Å². The summed E-state index contributed by atoms with van der Waals surface area (Å²) in [5.74, 6) is 1.80. The highest BCUT2D eigenvalue weighted by Crippen LogP contribution is 2.36. The standard InChI is InChI=1S/C24H32N2O3/c1-17(2)24(27)26-12-10-20(11-13-26)25-16-19-14-22(28-3)23(29-4)15-21(19)18-8-6-5-7-9-18/h5-9,14-15,17,20,25H,10-13,16H2,1-4H3. The van der Waals surface area contributed by atoms with Crippen molar-refractivity contribution in [3.63, 3.8) is 0 Å². The Balaban J connectivity index is 1.73. The van der Waals surface area contributed by atoms with Gasteiger partial charge < -0.3 is 19.7 Å². The molecule has 0 aliphatic carbocycles. The van der Waals surface area contributed by atoms with Gasteiger partial charge in [0.15, 0.2) is 11.5 Å². The van der Waals surface area contributed by atoms with Crippen molar-refractivity contribution in [3.05, 3.63) is 48.0 Å². The van der Waals surface area contributed by atoms with Gasteiger partial charge in [0.1, 0.15) is 0 Å². The van der Waals surface area contributed by atoms with Crippen LogP contribution in [-0.2, 0) is 11.3 Å². The van der Waals surface area contributed by atoms with Gasteiger partial charge >= 0.3 is 0 Å². The van der Waals surface area contributed by atoms with Crippen molar-refractivity contribution in [3.8, 4) is 22.6 Å². The summed E-state index contributed by atoms with van der Waals surface area (Å²) >= 11 is 0. The van der Waals surface area contributed by atoms with E-state index in [2.05, 4.69) is 29.6 Å². The Morgan fingerprint density at radius 1 is 1.07 bits per heavy atom. The van der Waals surface area contributed by atoms with Gasteiger partial charge in [-0.05, 0) is 41.7 Å². The zero-order valence-electron chi connectivity index (χ0n) is 17.9. The van der Waals surface area contributed by atoms with Crippen molar-refractivity contribution in [2.45, 2.75) is 39.3 Å². The summed E-state index contributed by atoms with van der Waals surface area (Å²) in [5.41, 5.74) is 3.47. The lowest BCUT2D eigenvalue weighted by Crippen LogP contribution is -2.46. The van der Waals surface area contributed by atoms with E-state index in [1.807, 2.05) is 36.9 Å². The minimum atomic E-state index is 0.0692. The van der Waals surface area contributed by atoms with Gasteiger partial charge in [0.05, 0.1) is 14.2 Å². The maximum Gasteiger partial charge on any atom is 0.225 e. The van der Waals surface area contributed by atoms with Crippen LogP contribution in [0.4, 0.5) is 0 Å². The Hall–Kier alpha value is -2.53. The predicted molar refractivity (Wildman–Crippen MR) is 116 cm³/mol. The number of carbonyl (C=O) groups excluding carboxylic acids is 1. The summed E-state index contributed by atoms with van der Waals surface area (Å²) in [7, 11) is 3.33. The molecule has 0 radical (unpaired) electrons. The number of carbonyl (C=O) groups is 1. The van der Waals surface area contributed by atoms with Gasteiger partial charge in [0.25, 0.3) is 0 Å². The molecule has 1 amide bonds. The minimum absolute atomic E-state index is 0.0692. The molecular weight excluding hydrogens is 364 g/mol. The molecule has 2 aromatic rings. The third kappa shape index (κ3) is 5.10. The van der Waals surface area contributed by atoms with Gasteiger partial charge in [-0.1, -0.05) is 44.2 Å². The Morgan fingerprint density at radius 3 is 2.28 bits per heavy atom. The van der Waals surface area contributed by atoms with E-state index in [-0.39, 0.29) is 11.8 Å². The molecule has 1 N–H and O–H groups in total. The molecule has 2 aromatic carbocycles. The van der Waals surface area contributed by atoms with Crippen LogP contribution in [0, 0.1) is 5.92 Å². The number of benzene rings is 2. The molecular formula is C24H32N2O3. The molecule has 1 aliphatic heterocycles. The Bertz CT molecular complexity index is 812. The molecule has 0 atom stereocenters. The van der Waals surface area contributed by atoms with Gasteiger partial charge in [-0.3, -0.25) is 4.79 Å². The minimum Gasteiger partial charge on any atom is -0.493 e. The molecule has 0 spiro atoms. The number of rotatable bonds is 7. The number of nitrogens with zero attached hydrogens (tertiary/aromatic N) is 1. The van der Waals surface area contributed by atoms with Gasteiger partial charge in [-0.25, -0.2) is 0 Å². The zero-order valence-corrected chi connectivity index (χ0v) is 17.9. The first-order valence-corrected chi connectivity index (χ1v) is 10.4. The summed E-state index contributed by atoms with van der Waals surface area (Å²) in [6, 6.07) is 14.9. The lowest BCUT2D eigenvalue weighted by Gasteiger charge is -2.33. The van der Waals surface area contributed by atoms with E-state index in [9.17, 15) is 4.79 Å². The highest BCUT2D eigenvalue weighted by atomic mass is 16.5. The first-order valence-electron chi connectivity index (χ1n) is 10.4. The lowest BCUT2D eigenvalue weighted by atomic mass is 9.97. The quantitative estimate of drug-likeness (QED) is 0.765. The van der Waals surface area contributed by atoms with Crippen molar-refractivity contribution >= 4 is 5.91 Å². The van der Waals surface area contributed by atoms with E-state index < -0.39 is 0 Å². The van der Waals surface area contributed by atoms with Crippen LogP contribution in [0.25, 0.3) is 11.1 Å². The topological polar surface area (TPSA) is 50.8 Å². The molecule has 5 nitrogen and oxygen atoms in total. The molecule has 0 saturated carbocycles. The summed E-state index contributed by atoms with van der Waals surface area (Å²) in [6.07, 6.45) is 1.96. The van der Waals surface area contributed by atoms with E-state index in [0.29, 0.717) is 6.04 Å². The third-order valence-electron chi connectivity index (χ3n) is 5.58. The monoisotopic (exact) mass is 396 g/mol. The van der Waals surface area contributed by atoms with Crippen LogP contribution in [-0.4, -0.2) is 44.2 Å². The predicted octanol–water partition coefficient (Wildman–Crippen LogP) is 4.11. The molecule has 29 heavy (non-hydrogen) atoms. The lowest BCUT2D eigenvalue weighted by molar-refractivity contribution is -0.135. The number of methoxy groups -OCH3 is 2. The summed E-state index contributed by atoms with van der Waals surface area (Å²) in [5, 5.41) is 3.69. The first-order chi connectivity index (χ1) is 14.0. The molecule has 5 heteroatoms. The normalized spacial score (nSPS) is 14.9. The highest BCUT2D eigenvalue weighted by molar-refractivity contribution is 5.78. The highest BCUT2D eigenvalue weighted by Gasteiger charge is 2.24. The van der Waals surface area contributed by atoms with Crippen molar-refractivity contribution in [1.82, 2.24) is 10.2 Å². The second-order valence-corrected chi connectivity index (χ2v) is 7.87. The fourth-order valence-corrected chi connectivity index (χ4v) is 3.88. The van der Waals surface area contributed by atoms with E-state index in [4.69, 9.17) is 9.47 Å². The molecule has 3 rings (SSSR count). The molecule has 0 aromatic heterocycles. The molecule has 1 fully saturated rings. The summed E-state index contributed by atoms with van der Waals surface area (Å²) < 4.78 is 11.0. The van der Waals surface area contributed by atoms with Crippen molar-refractivity contribution in [2.24, 2.45) is 5.92 Å². The number of ether oxygens (including phenoxy) is 2. The molecule has 156 valence electrons. The number of piperidine rings is 1. The fourth-order valence-electron chi connectivity index (χ4n) is 3.88. The molecule has 0 bridgehead atoms. The van der Waals surface area contributed by atoms with Gasteiger partial charge in [-0.2, -0.15) is 0 Å². The average Bonchev–Trinajstić information content (AvgIpc) is 2.77. The second kappa shape index (κ2) is 9.79. The molecule has 1 aliphatic rings. The van der Waals surface area contributed by atoms with Crippen molar-refractivity contribution in [1.29, 1.82) is 0 Å². The molecule has 1 heterocycles. The number of likely N-dealkylation sites (tertiary alicyclic amines) is 1. The van der Waals surface area contributed by atoms with Crippen LogP contribution in [0.5, 0.6) is 11.5 Å². The first kappa shape index (κ1) is 21.2. The smallest absolute Gasteiger partial charge is 0.225 e. The summed E-state index contributed by atoms with van der Waals surface area (Å²) in [6.45, 7) is 6.33. The van der Waals surface area contributed by atoms with Crippen molar-refractivity contribution < 1.29 is 14.3 Å². The van der Waals surface area contributed by atoms with Crippen LogP contribution in [0.1, 0.15) is 32.3 Å². The van der Waals surface area contributed by atoms with Gasteiger partial charge in [-0.15, -0.1) is 0 Å². The van der Waals surface area contributed by atoms with Gasteiger partial charge in [0, 0.05) is 31.6 Å². The number of hydrogen-bond acceptors (Lipinski definition) is 4. The van der Waals surface area contributed by atoms with E-state index in [1.165, 1.54) is 5.56 Å². The van der Waals surface area contributed by atoms with Crippen LogP contribution in [0.15, 0.2) is 42.5 Å². The summed E-state index contributed by atoms with van der Waals surface area (Å²) in [4.78, 5) is 14.2. The fraction of sp³-hybridized carbons (Fsp3) is 0.458. The molecule has 1 saturated heterocycles. The number of amides is 1. The van der Waals surface area contributed by atoms with Crippen molar-refractivity contribution in [2.75, 3.05) is 27.3 Å². The third-order valence-corrected chi connectivity index (χ3v) is 5.58. The molecule has 0 unspecified atom stereocenters. The van der Waals surface area contributed by atoms with E-state index in [0.717, 1.165) is 55.1 Å². The van der Waals surface area contributed by atoms with E-state index >= 15 is 0 Å². The van der Waals surface area contributed by atoms with E-state index in [1.54, 1.807) is 14.2 Å². The van der Waals surface area contributed by atoms with Crippen LogP contribution < -0.4 is 14.8 Å². The largest absolute Gasteiger partial charge is 0.493 e. The Labute approximate surface area is 174 Å². The number of hydrogen-bond donors (Lipinski definition) is 1. The maximum absolute atomic E-state index is 12.2. The zero-order chi connectivity index (χ0) is 20.8. The number of nitrogens with one attached hydrogen (secondary N) is 1. The van der Waals surface area contributed by atoms with Gasteiger partial charge in [0.2, 0.25) is 5.91 Å². The van der Waals surface area contributed by atoms with Crippen LogP contribution in [0.3, 0.4) is 0 Å². The second-order valence-electron chi connectivity index (χ2n) is 7.87.